The Kier molecular flexibility index (Phi) is 3.63. The standard InChI is InChI=1S/C14H16ClNO/c1-9(17)7-8-13-12-6-4-3-5-11(12)10(2)16-14(13)15/h7-8H,3-6H2,1-2H3. The zero-order valence-corrected chi connectivity index (χ0v) is 11.0. The monoisotopic (exact) mass is 249 g/mol. The molecule has 1 aliphatic carbocycles. The quantitative estimate of drug-likeness (QED) is 0.593. The Hall–Kier alpha value is -1.15. The van der Waals surface area contributed by atoms with Gasteiger partial charge in [0.05, 0.1) is 0 Å². The summed E-state index contributed by atoms with van der Waals surface area (Å²) in [6, 6.07) is 0. The molecule has 0 radical (unpaired) electrons. The van der Waals surface area contributed by atoms with Gasteiger partial charge in [-0.2, -0.15) is 0 Å². The van der Waals surface area contributed by atoms with Crippen LogP contribution in [0.1, 0.15) is 42.1 Å². The topological polar surface area (TPSA) is 30.0 Å². The van der Waals surface area contributed by atoms with Gasteiger partial charge in [0.25, 0.3) is 0 Å². The molecule has 1 aromatic heterocycles. The Bertz CT molecular complexity index is 491. The van der Waals surface area contributed by atoms with E-state index in [4.69, 9.17) is 11.6 Å². The number of allylic oxidation sites excluding steroid dienone is 1. The zero-order valence-electron chi connectivity index (χ0n) is 10.2. The van der Waals surface area contributed by atoms with Gasteiger partial charge >= 0.3 is 0 Å². The number of carbonyl (C=O) groups excluding carboxylic acids is 1. The molecule has 2 nitrogen and oxygen atoms in total. The lowest BCUT2D eigenvalue weighted by molar-refractivity contribution is -0.112. The van der Waals surface area contributed by atoms with E-state index in [1.807, 2.05) is 6.92 Å². The van der Waals surface area contributed by atoms with Gasteiger partial charge in [0, 0.05) is 11.3 Å². The van der Waals surface area contributed by atoms with Crippen molar-refractivity contribution in [3.63, 3.8) is 0 Å². The van der Waals surface area contributed by atoms with Gasteiger partial charge in [0.15, 0.2) is 5.78 Å². The first kappa shape index (κ1) is 12.3. The molecule has 1 aromatic rings. The van der Waals surface area contributed by atoms with Gasteiger partial charge in [-0.25, -0.2) is 4.98 Å². The fraction of sp³-hybridized carbons (Fsp3) is 0.429. The molecule has 0 aliphatic heterocycles. The van der Waals surface area contributed by atoms with Crippen molar-refractivity contribution in [2.24, 2.45) is 0 Å². The third-order valence-electron chi connectivity index (χ3n) is 3.20. The number of hydrogen-bond donors (Lipinski definition) is 0. The van der Waals surface area contributed by atoms with Crippen molar-refractivity contribution in [3.05, 3.63) is 33.6 Å². The van der Waals surface area contributed by atoms with E-state index in [9.17, 15) is 4.79 Å². The van der Waals surface area contributed by atoms with Crippen molar-refractivity contribution in [2.45, 2.75) is 39.5 Å². The van der Waals surface area contributed by atoms with Crippen LogP contribution < -0.4 is 0 Å². The van der Waals surface area contributed by atoms with Crippen LogP contribution in [0.4, 0.5) is 0 Å². The summed E-state index contributed by atoms with van der Waals surface area (Å²) < 4.78 is 0. The minimum absolute atomic E-state index is 0.0335. The van der Waals surface area contributed by atoms with Gasteiger partial charge in [0.2, 0.25) is 0 Å². The Morgan fingerprint density at radius 1 is 1.29 bits per heavy atom. The van der Waals surface area contributed by atoms with Gasteiger partial charge in [0.1, 0.15) is 5.15 Å². The molecule has 0 bridgehead atoms. The summed E-state index contributed by atoms with van der Waals surface area (Å²) in [5.41, 5.74) is 4.57. The number of fused-ring (bicyclic) bond motifs is 1. The summed E-state index contributed by atoms with van der Waals surface area (Å²) >= 11 is 6.18. The van der Waals surface area contributed by atoms with E-state index < -0.39 is 0 Å². The third kappa shape index (κ3) is 2.58. The minimum Gasteiger partial charge on any atom is -0.295 e. The molecule has 17 heavy (non-hydrogen) atoms. The van der Waals surface area contributed by atoms with Crippen LogP contribution in [0.3, 0.4) is 0 Å². The van der Waals surface area contributed by atoms with Crippen molar-refractivity contribution in [1.29, 1.82) is 0 Å². The van der Waals surface area contributed by atoms with E-state index >= 15 is 0 Å². The van der Waals surface area contributed by atoms with Crippen molar-refractivity contribution >= 4 is 23.5 Å². The smallest absolute Gasteiger partial charge is 0.152 e. The average molecular weight is 250 g/mol. The predicted octanol–water partition coefficient (Wildman–Crippen LogP) is 3.52. The van der Waals surface area contributed by atoms with Crippen LogP contribution in [0.25, 0.3) is 6.08 Å². The normalized spacial score (nSPS) is 15.0. The number of aromatic nitrogens is 1. The second-order valence-corrected chi connectivity index (χ2v) is 4.87. The number of carbonyl (C=O) groups is 1. The summed E-state index contributed by atoms with van der Waals surface area (Å²) in [6.07, 6.45) is 7.89. The molecule has 1 aliphatic rings. The molecular formula is C14H16ClNO. The van der Waals surface area contributed by atoms with Crippen LogP contribution in [0.15, 0.2) is 6.08 Å². The van der Waals surface area contributed by atoms with Crippen LogP contribution in [-0.2, 0) is 17.6 Å². The average Bonchev–Trinajstić information content (AvgIpc) is 2.28. The number of halogens is 1. The molecule has 0 saturated heterocycles. The van der Waals surface area contributed by atoms with Crippen molar-refractivity contribution in [3.8, 4) is 0 Å². The summed E-state index contributed by atoms with van der Waals surface area (Å²) in [4.78, 5) is 15.4. The number of aryl methyl sites for hydroxylation is 1. The van der Waals surface area contributed by atoms with Gasteiger partial charge in [-0.3, -0.25) is 4.79 Å². The number of nitrogens with zero attached hydrogens (tertiary/aromatic N) is 1. The first-order valence-corrected chi connectivity index (χ1v) is 6.34. The van der Waals surface area contributed by atoms with Gasteiger partial charge in [-0.05, 0) is 62.8 Å². The second-order valence-electron chi connectivity index (χ2n) is 4.51. The SMILES string of the molecule is CC(=O)C=Cc1c(Cl)nc(C)c2c1CCCC2. The molecule has 0 aromatic carbocycles. The van der Waals surface area contributed by atoms with Crippen LogP contribution in [0.5, 0.6) is 0 Å². The number of pyridine rings is 1. The number of rotatable bonds is 2. The Morgan fingerprint density at radius 2 is 1.94 bits per heavy atom. The summed E-state index contributed by atoms with van der Waals surface area (Å²) in [7, 11) is 0. The van der Waals surface area contributed by atoms with Crippen molar-refractivity contribution < 1.29 is 4.79 Å². The molecule has 0 fully saturated rings. The van der Waals surface area contributed by atoms with E-state index in [0.29, 0.717) is 5.15 Å². The van der Waals surface area contributed by atoms with Crippen molar-refractivity contribution in [1.82, 2.24) is 4.98 Å². The van der Waals surface area contributed by atoms with Gasteiger partial charge in [-0.15, -0.1) is 0 Å². The lowest BCUT2D eigenvalue weighted by Gasteiger charge is -2.20. The molecule has 0 amide bonds. The molecule has 90 valence electrons. The summed E-state index contributed by atoms with van der Waals surface area (Å²) in [6.45, 7) is 3.55. The fourth-order valence-corrected chi connectivity index (χ4v) is 2.68. The maximum absolute atomic E-state index is 11.0. The molecular weight excluding hydrogens is 234 g/mol. The largest absolute Gasteiger partial charge is 0.295 e. The van der Waals surface area contributed by atoms with Crippen LogP contribution >= 0.6 is 11.6 Å². The molecule has 2 rings (SSSR count). The maximum Gasteiger partial charge on any atom is 0.152 e. The first-order valence-electron chi connectivity index (χ1n) is 5.96. The van der Waals surface area contributed by atoms with E-state index in [1.54, 1.807) is 19.1 Å². The highest BCUT2D eigenvalue weighted by Crippen LogP contribution is 2.31. The Labute approximate surface area is 107 Å². The number of hydrogen-bond acceptors (Lipinski definition) is 2. The first-order chi connectivity index (χ1) is 8.09. The third-order valence-corrected chi connectivity index (χ3v) is 3.49. The van der Waals surface area contributed by atoms with E-state index in [-0.39, 0.29) is 5.78 Å². The van der Waals surface area contributed by atoms with Crippen molar-refractivity contribution in [2.75, 3.05) is 0 Å². The second kappa shape index (κ2) is 5.01. The van der Waals surface area contributed by atoms with Crippen LogP contribution in [0, 0.1) is 6.92 Å². The lowest BCUT2D eigenvalue weighted by Crippen LogP contribution is -2.09. The highest BCUT2D eigenvalue weighted by molar-refractivity contribution is 6.31. The fourth-order valence-electron chi connectivity index (χ4n) is 2.37. The van der Waals surface area contributed by atoms with Crippen LogP contribution in [0.2, 0.25) is 5.15 Å². The summed E-state index contributed by atoms with van der Waals surface area (Å²) in [5, 5.41) is 0.514. The Morgan fingerprint density at radius 3 is 2.59 bits per heavy atom. The highest BCUT2D eigenvalue weighted by atomic mass is 35.5. The molecule has 0 spiro atoms. The van der Waals surface area contributed by atoms with E-state index in [1.165, 1.54) is 24.0 Å². The zero-order chi connectivity index (χ0) is 12.4. The van der Waals surface area contributed by atoms with E-state index in [2.05, 4.69) is 4.98 Å². The molecule has 0 atom stereocenters. The molecule has 3 heteroatoms. The molecule has 1 heterocycles. The Balaban J connectivity index is 2.54. The molecule has 0 N–H and O–H groups in total. The molecule has 0 saturated carbocycles. The van der Waals surface area contributed by atoms with E-state index in [0.717, 1.165) is 24.1 Å². The van der Waals surface area contributed by atoms with Gasteiger partial charge < -0.3 is 0 Å². The minimum atomic E-state index is 0.0335. The number of ketones is 1. The molecule has 0 unspecified atom stereocenters. The van der Waals surface area contributed by atoms with Crippen LogP contribution in [-0.4, -0.2) is 10.8 Å². The lowest BCUT2D eigenvalue weighted by atomic mass is 9.88. The summed E-state index contributed by atoms with van der Waals surface area (Å²) in [5.74, 6) is 0.0335. The van der Waals surface area contributed by atoms with Gasteiger partial charge in [-0.1, -0.05) is 11.6 Å². The maximum atomic E-state index is 11.0. The predicted molar refractivity (Wildman–Crippen MR) is 70.3 cm³/mol. The highest BCUT2D eigenvalue weighted by Gasteiger charge is 2.18.